The highest BCUT2D eigenvalue weighted by atomic mass is 16.7. The van der Waals surface area contributed by atoms with Crippen LogP contribution in [-0.4, -0.2) is 24.2 Å². The highest BCUT2D eigenvalue weighted by Gasteiger charge is 2.12. The molecule has 0 aliphatic rings. The summed E-state index contributed by atoms with van der Waals surface area (Å²) in [4.78, 5) is 14.7. The van der Waals surface area contributed by atoms with Crippen LogP contribution in [0.2, 0.25) is 0 Å². The molecule has 12 heavy (non-hydrogen) atoms. The molecule has 0 aromatic carbocycles. The third-order valence-corrected chi connectivity index (χ3v) is 1.70. The summed E-state index contributed by atoms with van der Waals surface area (Å²) in [5.74, 6) is 4.29. The fourth-order valence-corrected chi connectivity index (χ4v) is 1.05. The Morgan fingerprint density at radius 2 is 2.17 bits per heavy atom. The summed E-state index contributed by atoms with van der Waals surface area (Å²) in [7, 11) is 0. The molecule has 0 amide bonds. The van der Waals surface area contributed by atoms with Crippen LogP contribution in [0, 0.1) is 5.92 Å². The summed E-state index contributed by atoms with van der Waals surface area (Å²) in [5, 5.41) is 8.62. The number of nitrogens with two attached hydrogens (primary N) is 2. The monoisotopic (exact) mass is 176 g/mol. The van der Waals surface area contributed by atoms with Crippen LogP contribution in [-0.2, 0) is 9.63 Å². The maximum atomic E-state index is 10.7. The van der Waals surface area contributed by atoms with Gasteiger partial charge in [-0.25, -0.2) is 0 Å². The minimum Gasteiger partial charge on any atom is -0.396 e. The number of carbonyl (C=O) groups is 1. The predicted octanol–water partition coefficient (Wildman–Crippen LogP) is -0.859. The molecule has 0 aliphatic carbocycles. The molecule has 0 saturated carbocycles. The summed E-state index contributed by atoms with van der Waals surface area (Å²) in [6, 6.07) is 0. The van der Waals surface area contributed by atoms with Gasteiger partial charge in [0.1, 0.15) is 0 Å². The van der Waals surface area contributed by atoms with E-state index in [0.717, 1.165) is 0 Å². The standard InChI is InChI=1S/C7H16N2O3/c8-3-1-6(2-4-10)5-7(11)12-9/h6,10H,1-5,8-9H2. The Balaban J connectivity index is 3.68. The van der Waals surface area contributed by atoms with Gasteiger partial charge in [-0.2, -0.15) is 5.90 Å². The van der Waals surface area contributed by atoms with E-state index in [2.05, 4.69) is 10.7 Å². The summed E-state index contributed by atoms with van der Waals surface area (Å²) < 4.78 is 0. The zero-order valence-electron chi connectivity index (χ0n) is 7.03. The molecule has 0 heterocycles. The van der Waals surface area contributed by atoms with Gasteiger partial charge in [-0.05, 0) is 25.3 Å². The van der Waals surface area contributed by atoms with Crippen LogP contribution in [0.4, 0.5) is 0 Å². The van der Waals surface area contributed by atoms with Gasteiger partial charge in [0.05, 0.1) is 6.42 Å². The molecule has 0 aromatic heterocycles. The van der Waals surface area contributed by atoms with Gasteiger partial charge in [0.25, 0.3) is 0 Å². The molecule has 0 aromatic rings. The van der Waals surface area contributed by atoms with Crippen molar-refractivity contribution >= 4 is 5.97 Å². The first-order valence-corrected chi connectivity index (χ1v) is 3.95. The summed E-state index contributed by atoms with van der Waals surface area (Å²) in [6.07, 6.45) is 1.50. The molecular weight excluding hydrogens is 160 g/mol. The van der Waals surface area contributed by atoms with Crippen molar-refractivity contribution in [2.24, 2.45) is 17.5 Å². The van der Waals surface area contributed by atoms with Gasteiger partial charge in [-0.3, -0.25) is 4.79 Å². The zero-order valence-corrected chi connectivity index (χ0v) is 7.03. The lowest BCUT2D eigenvalue weighted by molar-refractivity contribution is -0.145. The van der Waals surface area contributed by atoms with Gasteiger partial charge < -0.3 is 15.7 Å². The van der Waals surface area contributed by atoms with Crippen LogP contribution in [0.5, 0.6) is 0 Å². The van der Waals surface area contributed by atoms with E-state index < -0.39 is 5.97 Å². The average Bonchev–Trinajstić information content (AvgIpc) is 2.05. The maximum Gasteiger partial charge on any atom is 0.324 e. The van der Waals surface area contributed by atoms with Crippen LogP contribution in [0.15, 0.2) is 0 Å². The van der Waals surface area contributed by atoms with Crippen LogP contribution < -0.4 is 11.6 Å². The second-order valence-electron chi connectivity index (χ2n) is 2.65. The normalized spacial score (nSPS) is 12.6. The van der Waals surface area contributed by atoms with Crippen LogP contribution in [0.25, 0.3) is 0 Å². The lowest BCUT2D eigenvalue weighted by Crippen LogP contribution is -2.18. The number of aliphatic hydroxyl groups excluding tert-OH is 1. The highest BCUT2D eigenvalue weighted by molar-refractivity contribution is 5.69. The predicted molar refractivity (Wildman–Crippen MR) is 43.8 cm³/mol. The molecule has 72 valence electrons. The lowest BCUT2D eigenvalue weighted by Gasteiger charge is -2.11. The number of rotatable bonds is 6. The molecule has 0 bridgehead atoms. The molecule has 0 rings (SSSR count). The minimum absolute atomic E-state index is 0.0581. The fraction of sp³-hybridized carbons (Fsp3) is 0.857. The molecule has 0 spiro atoms. The quantitative estimate of drug-likeness (QED) is 0.457. The van der Waals surface area contributed by atoms with E-state index in [1.54, 1.807) is 0 Å². The van der Waals surface area contributed by atoms with Crippen molar-refractivity contribution in [3.63, 3.8) is 0 Å². The number of hydrogen-bond donors (Lipinski definition) is 3. The van der Waals surface area contributed by atoms with Crippen molar-refractivity contribution in [1.29, 1.82) is 0 Å². The zero-order chi connectivity index (χ0) is 9.40. The first-order valence-electron chi connectivity index (χ1n) is 3.95. The SMILES string of the molecule is NCCC(CCO)CC(=O)ON. The molecule has 0 aliphatic heterocycles. The topological polar surface area (TPSA) is 98.6 Å². The van der Waals surface area contributed by atoms with E-state index in [1.807, 2.05) is 0 Å². The molecule has 0 fully saturated rings. The van der Waals surface area contributed by atoms with Crippen molar-refractivity contribution in [2.75, 3.05) is 13.2 Å². The first-order chi connectivity index (χ1) is 5.74. The first kappa shape index (κ1) is 11.4. The Labute approximate surface area is 71.6 Å². The van der Waals surface area contributed by atoms with Crippen LogP contribution in [0.1, 0.15) is 19.3 Å². The molecule has 5 nitrogen and oxygen atoms in total. The summed E-state index contributed by atoms with van der Waals surface area (Å²) in [6.45, 7) is 0.561. The second-order valence-corrected chi connectivity index (χ2v) is 2.65. The minimum atomic E-state index is -0.457. The van der Waals surface area contributed by atoms with Crippen LogP contribution >= 0.6 is 0 Å². The Morgan fingerprint density at radius 1 is 1.50 bits per heavy atom. The highest BCUT2D eigenvalue weighted by Crippen LogP contribution is 2.12. The Kier molecular flexibility index (Phi) is 6.64. The fourth-order valence-electron chi connectivity index (χ4n) is 1.05. The number of hydrogen-bond acceptors (Lipinski definition) is 5. The maximum absolute atomic E-state index is 10.7. The molecule has 5 heteroatoms. The van der Waals surface area contributed by atoms with Crippen LogP contribution in [0.3, 0.4) is 0 Å². The smallest absolute Gasteiger partial charge is 0.324 e. The van der Waals surface area contributed by atoms with Gasteiger partial charge >= 0.3 is 5.97 Å². The van der Waals surface area contributed by atoms with Crippen molar-refractivity contribution in [2.45, 2.75) is 19.3 Å². The van der Waals surface area contributed by atoms with Crippen molar-refractivity contribution in [1.82, 2.24) is 0 Å². The second kappa shape index (κ2) is 7.02. The van der Waals surface area contributed by atoms with E-state index >= 15 is 0 Å². The van der Waals surface area contributed by atoms with E-state index in [1.165, 1.54) is 0 Å². The Morgan fingerprint density at radius 3 is 2.58 bits per heavy atom. The number of aliphatic hydroxyl groups is 1. The largest absolute Gasteiger partial charge is 0.396 e. The van der Waals surface area contributed by atoms with Crippen molar-refractivity contribution in [3.05, 3.63) is 0 Å². The van der Waals surface area contributed by atoms with Gasteiger partial charge in [0.15, 0.2) is 0 Å². The Hall–Kier alpha value is -0.650. The molecule has 1 atom stereocenters. The van der Waals surface area contributed by atoms with Gasteiger partial charge in [0.2, 0.25) is 0 Å². The van der Waals surface area contributed by atoms with E-state index in [4.69, 9.17) is 10.8 Å². The molecule has 5 N–H and O–H groups in total. The van der Waals surface area contributed by atoms with E-state index in [-0.39, 0.29) is 18.9 Å². The van der Waals surface area contributed by atoms with Crippen molar-refractivity contribution < 1.29 is 14.7 Å². The third kappa shape index (κ3) is 5.06. The third-order valence-electron chi connectivity index (χ3n) is 1.70. The summed E-state index contributed by atoms with van der Waals surface area (Å²) >= 11 is 0. The van der Waals surface area contributed by atoms with E-state index in [0.29, 0.717) is 19.4 Å². The lowest BCUT2D eigenvalue weighted by atomic mass is 9.98. The molecular formula is C7H16N2O3. The van der Waals surface area contributed by atoms with Gasteiger partial charge in [-0.15, -0.1) is 0 Å². The molecule has 1 unspecified atom stereocenters. The average molecular weight is 176 g/mol. The van der Waals surface area contributed by atoms with Gasteiger partial charge in [-0.1, -0.05) is 0 Å². The summed E-state index contributed by atoms with van der Waals surface area (Å²) in [5.41, 5.74) is 5.31. The molecule has 0 saturated heterocycles. The van der Waals surface area contributed by atoms with Crippen molar-refractivity contribution in [3.8, 4) is 0 Å². The Bertz CT molecular complexity index is 124. The number of carbonyl (C=O) groups excluding carboxylic acids is 1. The molecule has 0 radical (unpaired) electrons. The van der Waals surface area contributed by atoms with E-state index in [9.17, 15) is 4.79 Å². The van der Waals surface area contributed by atoms with Gasteiger partial charge in [0, 0.05) is 6.61 Å².